The lowest BCUT2D eigenvalue weighted by molar-refractivity contribution is -0.153. The van der Waals surface area contributed by atoms with Crippen molar-refractivity contribution in [2.75, 3.05) is 12.4 Å². The quantitative estimate of drug-likeness (QED) is 0.547. The van der Waals surface area contributed by atoms with Gasteiger partial charge in [0.15, 0.2) is 0 Å². The topological polar surface area (TPSA) is 29.1 Å². The molecule has 0 rings (SSSR count). The van der Waals surface area contributed by atoms with Gasteiger partial charge in [-0.25, -0.2) is 0 Å². The van der Waals surface area contributed by atoms with E-state index in [-0.39, 0.29) is 6.54 Å². The SMILES string of the molecule is O=C(CC(F)(F)F)NCCCCl. The zero-order chi connectivity index (χ0) is 9.61. The first-order valence-corrected chi connectivity index (χ1v) is 3.88. The lowest BCUT2D eigenvalue weighted by atomic mass is 10.4. The number of carbonyl (C=O) groups excluding carboxylic acids is 1. The average molecular weight is 204 g/mol. The predicted octanol–water partition coefficient (Wildman–Crippen LogP) is 1.68. The van der Waals surface area contributed by atoms with Crippen LogP contribution in [-0.2, 0) is 4.79 Å². The molecule has 1 amide bonds. The van der Waals surface area contributed by atoms with Crippen molar-refractivity contribution < 1.29 is 18.0 Å². The fraction of sp³-hybridized carbons (Fsp3) is 0.833. The van der Waals surface area contributed by atoms with Crippen LogP contribution in [0.5, 0.6) is 0 Å². The van der Waals surface area contributed by atoms with Gasteiger partial charge in [0.05, 0.1) is 0 Å². The van der Waals surface area contributed by atoms with Gasteiger partial charge in [-0.2, -0.15) is 13.2 Å². The Labute approximate surface area is 73.1 Å². The van der Waals surface area contributed by atoms with Crippen molar-refractivity contribution >= 4 is 17.5 Å². The molecule has 0 fully saturated rings. The first-order chi connectivity index (χ1) is 5.45. The molecule has 12 heavy (non-hydrogen) atoms. The number of rotatable bonds is 4. The van der Waals surface area contributed by atoms with E-state index in [0.29, 0.717) is 12.3 Å². The maximum absolute atomic E-state index is 11.5. The summed E-state index contributed by atoms with van der Waals surface area (Å²) in [4.78, 5) is 10.5. The molecule has 0 bridgehead atoms. The highest BCUT2D eigenvalue weighted by Crippen LogP contribution is 2.18. The normalized spacial score (nSPS) is 11.3. The van der Waals surface area contributed by atoms with Crippen LogP contribution in [0.1, 0.15) is 12.8 Å². The Morgan fingerprint density at radius 2 is 2.00 bits per heavy atom. The number of hydrogen-bond acceptors (Lipinski definition) is 1. The van der Waals surface area contributed by atoms with Crippen molar-refractivity contribution in [2.24, 2.45) is 0 Å². The number of nitrogens with one attached hydrogen (secondary N) is 1. The third-order valence-corrected chi connectivity index (χ3v) is 1.26. The fourth-order valence-electron chi connectivity index (χ4n) is 0.539. The van der Waals surface area contributed by atoms with E-state index in [1.54, 1.807) is 0 Å². The van der Waals surface area contributed by atoms with Gasteiger partial charge in [0, 0.05) is 12.4 Å². The molecule has 0 spiro atoms. The first-order valence-electron chi connectivity index (χ1n) is 3.35. The Hall–Kier alpha value is -0.450. The summed E-state index contributed by atoms with van der Waals surface area (Å²) in [6.07, 6.45) is -5.37. The third-order valence-electron chi connectivity index (χ3n) is 0.994. The predicted molar refractivity (Wildman–Crippen MR) is 39.0 cm³/mol. The largest absolute Gasteiger partial charge is 0.397 e. The van der Waals surface area contributed by atoms with Gasteiger partial charge in [-0.3, -0.25) is 4.79 Å². The zero-order valence-electron chi connectivity index (χ0n) is 6.25. The first kappa shape index (κ1) is 11.6. The van der Waals surface area contributed by atoms with Crippen LogP contribution in [0.15, 0.2) is 0 Å². The Bertz CT molecular complexity index is 148. The van der Waals surface area contributed by atoms with Crippen LogP contribution < -0.4 is 5.32 Å². The van der Waals surface area contributed by atoms with Gasteiger partial charge in [-0.05, 0) is 6.42 Å². The van der Waals surface area contributed by atoms with Gasteiger partial charge in [-0.15, -0.1) is 11.6 Å². The van der Waals surface area contributed by atoms with E-state index in [9.17, 15) is 18.0 Å². The molecule has 0 radical (unpaired) electrons. The van der Waals surface area contributed by atoms with Crippen LogP contribution in [0.25, 0.3) is 0 Å². The van der Waals surface area contributed by atoms with Crippen LogP contribution >= 0.6 is 11.6 Å². The molecule has 6 heteroatoms. The lowest BCUT2D eigenvalue weighted by Gasteiger charge is -2.06. The molecular weight excluding hydrogens is 195 g/mol. The molecule has 1 N–H and O–H groups in total. The maximum Gasteiger partial charge on any atom is 0.397 e. The summed E-state index contributed by atoms with van der Waals surface area (Å²) in [5, 5.41) is 2.10. The van der Waals surface area contributed by atoms with Crippen LogP contribution in [-0.4, -0.2) is 24.5 Å². The summed E-state index contributed by atoms with van der Waals surface area (Å²) in [7, 11) is 0. The number of amides is 1. The van der Waals surface area contributed by atoms with Crippen LogP contribution in [0.2, 0.25) is 0 Å². The summed E-state index contributed by atoms with van der Waals surface area (Å²) >= 11 is 5.24. The Morgan fingerprint density at radius 3 is 2.42 bits per heavy atom. The molecule has 2 nitrogen and oxygen atoms in total. The zero-order valence-corrected chi connectivity index (χ0v) is 7.00. The second kappa shape index (κ2) is 5.24. The summed E-state index contributed by atoms with van der Waals surface area (Å²) in [5.41, 5.74) is 0. The molecule has 0 atom stereocenters. The molecule has 0 unspecified atom stereocenters. The number of halogens is 4. The highest BCUT2D eigenvalue weighted by molar-refractivity contribution is 6.17. The average Bonchev–Trinajstić information content (AvgIpc) is 1.84. The van der Waals surface area contributed by atoms with Crippen molar-refractivity contribution in [3.05, 3.63) is 0 Å². The Morgan fingerprint density at radius 1 is 1.42 bits per heavy atom. The summed E-state index contributed by atoms with van der Waals surface area (Å²) in [6.45, 7) is 0.193. The summed E-state index contributed by atoms with van der Waals surface area (Å²) in [6, 6.07) is 0. The molecule has 0 aliphatic heterocycles. The van der Waals surface area contributed by atoms with Crippen molar-refractivity contribution in [1.29, 1.82) is 0 Å². The highest BCUT2D eigenvalue weighted by atomic mass is 35.5. The molecular formula is C6H9ClF3NO. The van der Waals surface area contributed by atoms with E-state index < -0.39 is 18.5 Å². The van der Waals surface area contributed by atoms with Gasteiger partial charge >= 0.3 is 6.18 Å². The molecule has 0 aromatic carbocycles. The minimum Gasteiger partial charge on any atom is -0.356 e. The lowest BCUT2D eigenvalue weighted by Crippen LogP contribution is -2.29. The second-order valence-corrected chi connectivity index (χ2v) is 2.56. The standard InChI is InChI=1S/C6H9ClF3NO/c7-2-1-3-11-5(12)4-6(8,9)10/h1-4H2,(H,11,12). The monoisotopic (exact) mass is 203 g/mol. The molecule has 0 aliphatic rings. The Kier molecular flexibility index (Phi) is 5.04. The van der Waals surface area contributed by atoms with Gasteiger partial charge in [0.1, 0.15) is 6.42 Å². The fourth-order valence-corrected chi connectivity index (χ4v) is 0.673. The minimum atomic E-state index is -4.43. The molecule has 0 heterocycles. The highest BCUT2D eigenvalue weighted by Gasteiger charge is 2.30. The summed E-state index contributed by atoms with van der Waals surface area (Å²) in [5.74, 6) is -0.681. The summed E-state index contributed by atoms with van der Waals surface area (Å²) < 4.78 is 34.6. The van der Waals surface area contributed by atoms with Gasteiger partial charge in [0.25, 0.3) is 0 Å². The van der Waals surface area contributed by atoms with Crippen LogP contribution in [0, 0.1) is 0 Å². The molecule has 0 aliphatic carbocycles. The van der Waals surface area contributed by atoms with E-state index in [1.807, 2.05) is 0 Å². The third kappa shape index (κ3) is 7.65. The Balaban J connectivity index is 3.47. The van der Waals surface area contributed by atoms with Crippen LogP contribution in [0.3, 0.4) is 0 Å². The van der Waals surface area contributed by atoms with Crippen molar-refractivity contribution in [1.82, 2.24) is 5.32 Å². The number of hydrogen-bond donors (Lipinski definition) is 1. The van der Waals surface area contributed by atoms with E-state index in [0.717, 1.165) is 0 Å². The van der Waals surface area contributed by atoms with Crippen molar-refractivity contribution in [2.45, 2.75) is 19.0 Å². The van der Waals surface area contributed by atoms with Gasteiger partial charge < -0.3 is 5.32 Å². The van der Waals surface area contributed by atoms with Crippen LogP contribution in [0.4, 0.5) is 13.2 Å². The van der Waals surface area contributed by atoms with Crippen molar-refractivity contribution in [3.63, 3.8) is 0 Å². The van der Waals surface area contributed by atoms with E-state index >= 15 is 0 Å². The number of alkyl halides is 4. The van der Waals surface area contributed by atoms with E-state index in [4.69, 9.17) is 11.6 Å². The minimum absolute atomic E-state index is 0.193. The molecule has 0 aromatic rings. The van der Waals surface area contributed by atoms with Gasteiger partial charge in [-0.1, -0.05) is 0 Å². The van der Waals surface area contributed by atoms with E-state index in [1.165, 1.54) is 0 Å². The van der Waals surface area contributed by atoms with E-state index in [2.05, 4.69) is 5.32 Å². The molecule has 72 valence electrons. The van der Waals surface area contributed by atoms with Gasteiger partial charge in [0.2, 0.25) is 5.91 Å². The smallest absolute Gasteiger partial charge is 0.356 e. The maximum atomic E-state index is 11.5. The molecule has 0 aromatic heterocycles. The molecule has 0 saturated heterocycles. The number of carbonyl (C=O) groups is 1. The van der Waals surface area contributed by atoms with Crippen molar-refractivity contribution in [3.8, 4) is 0 Å². The second-order valence-electron chi connectivity index (χ2n) is 2.18. The molecule has 0 saturated carbocycles.